The van der Waals surface area contributed by atoms with Crippen molar-refractivity contribution in [2.24, 2.45) is 5.92 Å². The third-order valence-corrected chi connectivity index (χ3v) is 2.27. The van der Waals surface area contributed by atoms with E-state index < -0.39 is 6.09 Å². The minimum absolute atomic E-state index is 0.0659. The van der Waals surface area contributed by atoms with Gasteiger partial charge in [-0.25, -0.2) is 14.8 Å². The first-order chi connectivity index (χ1) is 8.97. The van der Waals surface area contributed by atoms with Gasteiger partial charge in [-0.15, -0.1) is 0 Å². The van der Waals surface area contributed by atoms with Crippen LogP contribution in [0.15, 0.2) is 12.3 Å². The minimum atomic E-state index is -0.395. The molecule has 0 fully saturated rings. The van der Waals surface area contributed by atoms with E-state index >= 15 is 0 Å². The largest absolute Gasteiger partial charge is 0.449 e. The Balaban J connectivity index is 2.27. The summed E-state index contributed by atoms with van der Waals surface area (Å²) in [6.45, 7) is 8.74. The molecule has 1 aromatic rings. The third-order valence-electron chi connectivity index (χ3n) is 2.27. The highest BCUT2D eigenvalue weighted by Gasteiger charge is 2.09. The standard InChI is InChI=1S/C13H22N4O2/c1-9(2)8-19-13(18)17-11(4)7-15-12-14-6-5-10(3)16-12/h5-6,9,11H,7-8H2,1-4H3,(H,17,18)(H,14,15,16)/t11-/m1/s1. The fourth-order valence-corrected chi connectivity index (χ4v) is 1.31. The van der Waals surface area contributed by atoms with E-state index in [0.717, 1.165) is 5.69 Å². The van der Waals surface area contributed by atoms with Gasteiger partial charge in [0.1, 0.15) is 0 Å². The van der Waals surface area contributed by atoms with E-state index in [4.69, 9.17) is 4.74 Å². The number of hydrogen-bond acceptors (Lipinski definition) is 5. The number of carbonyl (C=O) groups is 1. The Morgan fingerprint density at radius 3 is 2.79 bits per heavy atom. The fourth-order valence-electron chi connectivity index (χ4n) is 1.31. The maximum atomic E-state index is 11.4. The molecule has 1 rings (SSSR count). The van der Waals surface area contributed by atoms with Gasteiger partial charge in [0.05, 0.1) is 6.61 Å². The van der Waals surface area contributed by atoms with Crippen molar-refractivity contribution in [3.8, 4) is 0 Å². The van der Waals surface area contributed by atoms with Gasteiger partial charge in [-0.3, -0.25) is 0 Å². The van der Waals surface area contributed by atoms with Crippen LogP contribution < -0.4 is 10.6 Å². The first kappa shape index (κ1) is 15.2. The van der Waals surface area contributed by atoms with Crippen molar-refractivity contribution in [1.29, 1.82) is 0 Å². The number of nitrogens with zero attached hydrogens (tertiary/aromatic N) is 2. The summed E-state index contributed by atoms with van der Waals surface area (Å²) in [7, 11) is 0. The van der Waals surface area contributed by atoms with E-state index in [0.29, 0.717) is 25.0 Å². The summed E-state index contributed by atoms with van der Waals surface area (Å²) >= 11 is 0. The summed E-state index contributed by atoms with van der Waals surface area (Å²) in [6.07, 6.45) is 1.30. The van der Waals surface area contributed by atoms with Gasteiger partial charge in [-0.05, 0) is 25.8 Å². The predicted molar refractivity (Wildman–Crippen MR) is 74.0 cm³/mol. The van der Waals surface area contributed by atoms with Crippen molar-refractivity contribution in [3.63, 3.8) is 0 Å². The van der Waals surface area contributed by atoms with E-state index in [1.165, 1.54) is 0 Å². The van der Waals surface area contributed by atoms with Gasteiger partial charge in [0, 0.05) is 24.5 Å². The van der Waals surface area contributed by atoms with Gasteiger partial charge in [0.2, 0.25) is 5.95 Å². The number of anilines is 1. The van der Waals surface area contributed by atoms with Crippen LogP contribution >= 0.6 is 0 Å². The molecule has 19 heavy (non-hydrogen) atoms. The van der Waals surface area contributed by atoms with Crippen LogP contribution in [0.2, 0.25) is 0 Å². The van der Waals surface area contributed by atoms with Crippen molar-refractivity contribution in [2.45, 2.75) is 33.7 Å². The average molecular weight is 266 g/mol. The van der Waals surface area contributed by atoms with Crippen molar-refractivity contribution in [3.05, 3.63) is 18.0 Å². The maximum absolute atomic E-state index is 11.4. The number of aryl methyl sites for hydroxylation is 1. The number of nitrogens with one attached hydrogen (secondary N) is 2. The SMILES string of the molecule is Cc1ccnc(NC[C@@H](C)NC(=O)OCC(C)C)n1. The summed E-state index contributed by atoms with van der Waals surface area (Å²) < 4.78 is 5.04. The Morgan fingerprint density at radius 2 is 2.16 bits per heavy atom. The van der Waals surface area contributed by atoms with Gasteiger partial charge in [0.25, 0.3) is 0 Å². The Morgan fingerprint density at radius 1 is 1.42 bits per heavy atom. The third kappa shape index (κ3) is 6.59. The molecule has 0 spiro atoms. The lowest BCUT2D eigenvalue weighted by Gasteiger charge is -2.15. The second-order valence-corrected chi connectivity index (χ2v) is 4.94. The summed E-state index contributed by atoms with van der Waals surface area (Å²) in [6, 6.07) is 1.76. The van der Waals surface area contributed by atoms with E-state index in [1.807, 2.05) is 33.8 Å². The highest BCUT2D eigenvalue weighted by Crippen LogP contribution is 1.99. The molecule has 1 aromatic heterocycles. The lowest BCUT2D eigenvalue weighted by atomic mass is 10.2. The summed E-state index contributed by atoms with van der Waals surface area (Å²) in [4.78, 5) is 19.7. The zero-order valence-electron chi connectivity index (χ0n) is 11.9. The quantitative estimate of drug-likeness (QED) is 0.823. The van der Waals surface area contributed by atoms with E-state index in [9.17, 15) is 4.79 Å². The molecular formula is C13H22N4O2. The second-order valence-electron chi connectivity index (χ2n) is 4.94. The molecule has 1 amide bonds. The smallest absolute Gasteiger partial charge is 0.407 e. The number of hydrogen-bond donors (Lipinski definition) is 2. The molecule has 0 aromatic carbocycles. The highest BCUT2D eigenvalue weighted by molar-refractivity contribution is 5.67. The Hall–Kier alpha value is -1.85. The maximum Gasteiger partial charge on any atom is 0.407 e. The molecule has 2 N–H and O–H groups in total. The first-order valence-corrected chi connectivity index (χ1v) is 6.44. The topological polar surface area (TPSA) is 76.1 Å². The average Bonchev–Trinajstić information content (AvgIpc) is 2.34. The summed E-state index contributed by atoms with van der Waals surface area (Å²) in [5.41, 5.74) is 0.898. The van der Waals surface area contributed by atoms with Gasteiger partial charge >= 0.3 is 6.09 Å². The van der Waals surface area contributed by atoms with Crippen LogP contribution in [0.1, 0.15) is 26.5 Å². The number of rotatable bonds is 6. The van der Waals surface area contributed by atoms with Crippen molar-refractivity contribution >= 4 is 12.0 Å². The highest BCUT2D eigenvalue weighted by atomic mass is 16.5. The molecule has 0 saturated heterocycles. The Bertz CT molecular complexity index is 409. The molecule has 1 atom stereocenters. The van der Waals surface area contributed by atoms with Crippen LogP contribution in [0.5, 0.6) is 0 Å². The first-order valence-electron chi connectivity index (χ1n) is 6.44. The van der Waals surface area contributed by atoms with Crippen molar-refractivity contribution < 1.29 is 9.53 Å². The van der Waals surface area contributed by atoms with Crippen LogP contribution in [0.3, 0.4) is 0 Å². The van der Waals surface area contributed by atoms with Gasteiger partial charge in [-0.2, -0.15) is 0 Å². The van der Waals surface area contributed by atoms with E-state index in [-0.39, 0.29) is 6.04 Å². The van der Waals surface area contributed by atoms with Crippen LogP contribution in [-0.4, -0.2) is 35.3 Å². The number of carbonyl (C=O) groups excluding carboxylic acids is 1. The number of amides is 1. The summed E-state index contributed by atoms with van der Waals surface area (Å²) in [5.74, 6) is 0.893. The number of aromatic nitrogens is 2. The lowest BCUT2D eigenvalue weighted by molar-refractivity contribution is 0.130. The Kier molecular flexibility index (Phi) is 6.05. The van der Waals surface area contributed by atoms with Gasteiger partial charge in [-0.1, -0.05) is 13.8 Å². The minimum Gasteiger partial charge on any atom is -0.449 e. The normalized spacial score (nSPS) is 12.1. The molecule has 0 aliphatic heterocycles. The molecule has 0 unspecified atom stereocenters. The van der Waals surface area contributed by atoms with E-state index in [2.05, 4.69) is 20.6 Å². The fraction of sp³-hybridized carbons (Fsp3) is 0.615. The Labute approximate surface area is 114 Å². The molecule has 0 saturated carbocycles. The van der Waals surface area contributed by atoms with Crippen LogP contribution in [0, 0.1) is 12.8 Å². The van der Waals surface area contributed by atoms with Crippen molar-refractivity contribution in [2.75, 3.05) is 18.5 Å². The van der Waals surface area contributed by atoms with Crippen LogP contribution in [0.4, 0.5) is 10.7 Å². The van der Waals surface area contributed by atoms with Gasteiger partial charge in [0.15, 0.2) is 0 Å². The molecule has 0 bridgehead atoms. The molecular weight excluding hydrogens is 244 g/mol. The molecule has 1 heterocycles. The van der Waals surface area contributed by atoms with Gasteiger partial charge < -0.3 is 15.4 Å². The number of ether oxygens (including phenoxy) is 1. The molecule has 6 nitrogen and oxygen atoms in total. The van der Waals surface area contributed by atoms with Crippen molar-refractivity contribution in [1.82, 2.24) is 15.3 Å². The zero-order valence-corrected chi connectivity index (χ0v) is 11.9. The molecule has 106 valence electrons. The molecule has 0 aliphatic rings. The number of alkyl carbamates (subject to hydrolysis) is 1. The molecule has 0 radical (unpaired) electrons. The monoisotopic (exact) mass is 266 g/mol. The molecule has 0 aliphatic carbocycles. The predicted octanol–water partition coefficient (Wildman–Crippen LogP) is 1.97. The summed E-state index contributed by atoms with van der Waals surface area (Å²) in [5, 5.41) is 5.80. The lowest BCUT2D eigenvalue weighted by Crippen LogP contribution is -2.38. The second kappa shape index (κ2) is 7.56. The molecule has 6 heteroatoms. The van der Waals surface area contributed by atoms with Crippen LogP contribution in [-0.2, 0) is 4.74 Å². The van der Waals surface area contributed by atoms with E-state index in [1.54, 1.807) is 6.20 Å². The van der Waals surface area contributed by atoms with Crippen LogP contribution in [0.25, 0.3) is 0 Å². The zero-order chi connectivity index (χ0) is 14.3.